The van der Waals surface area contributed by atoms with Crippen molar-refractivity contribution in [1.29, 1.82) is 0 Å². The second-order valence-corrected chi connectivity index (χ2v) is 6.32. The summed E-state index contributed by atoms with van der Waals surface area (Å²) in [5.74, 6) is 0.386. The number of nitrogens with two attached hydrogens (primary N) is 1. The second-order valence-electron chi connectivity index (χ2n) is 4.09. The highest BCUT2D eigenvalue weighted by molar-refractivity contribution is 7.91. The fourth-order valence-electron chi connectivity index (χ4n) is 2.18. The number of amides is 2. The summed E-state index contributed by atoms with van der Waals surface area (Å²) in [6.07, 6.45) is 0. The highest BCUT2D eigenvalue weighted by atomic mass is 32.2. The monoisotopic (exact) mass is 233 g/mol. The Kier molecular flexibility index (Phi) is 2.59. The summed E-state index contributed by atoms with van der Waals surface area (Å²) in [7, 11) is -2.92. The van der Waals surface area contributed by atoms with E-state index in [-0.39, 0.29) is 17.5 Å². The molecular weight excluding hydrogens is 218 g/mol. The van der Waals surface area contributed by atoms with Gasteiger partial charge in [0.1, 0.15) is 0 Å². The van der Waals surface area contributed by atoms with Gasteiger partial charge in [-0.15, -0.1) is 0 Å². The van der Waals surface area contributed by atoms with E-state index < -0.39 is 15.9 Å². The van der Waals surface area contributed by atoms with E-state index in [2.05, 4.69) is 4.90 Å². The maximum atomic E-state index is 11.4. The van der Waals surface area contributed by atoms with Crippen molar-refractivity contribution in [1.82, 2.24) is 9.80 Å². The van der Waals surface area contributed by atoms with Crippen LogP contribution in [0.2, 0.25) is 0 Å². The van der Waals surface area contributed by atoms with Crippen LogP contribution in [0.1, 0.15) is 0 Å². The van der Waals surface area contributed by atoms with Crippen molar-refractivity contribution >= 4 is 15.9 Å². The molecule has 2 amide bonds. The van der Waals surface area contributed by atoms with E-state index in [1.807, 2.05) is 0 Å². The lowest BCUT2D eigenvalue weighted by molar-refractivity contribution is 0.104. The molecule has 0 bridgehead atoms. The van der Waals surface area contributed by atoms with E-state index >= 15 is 0 Å². The first-order valence-corrected chi connectivity index (χ1v) is 6.79. The van der Waals surface area contributed by atoms with Crippen molar-refractivity contribution in [3.05, 3.63) is 0 Å². The van der Waals surface area contributed by atoms with E-state index in [1.165, 1.54) is 4.90 Å². The zero-order chi connectivity index (χ0) is 11.1. The maximum Gasteiger partial charge on any atom is 0.314 e. The third-order valence-electron chi connectivity index (χ3n) is 3.05. The van der Waals surface area contributed by atoms with Crippen LogP contribution in [0.4, 0.5) is 4.79 Å². The zero-order valence-corrected chi connectivity index (χ0v) is 9.24. The molecule has 1 atom stereocenters. The number of rotatable bonds is 0. The number of sulfone groups is 1. The highest BCUT2D eigenvalue weighted by Crippen LogP contribution is 2.16. The summed E-state index contributed by atoms with van der Waals surface area (Å²) in [6, 6.07) is -0.525. The maximum absolute atomic E-state index is 11.4. The summed E-state index contributed by atoms with van der Waals surface area (Å²) in [4.78, 5) is 14.6. The molecule has 0 aliphatic carbocycles. The number of hydrogen-bond donors (Lipinski definition) is 1. The largest absolute Gasteiger partial charge is 0.351 e. The molecule has 2 heterocycles. The van der Waals surface area contributed by atoms with Gasteiger partial charge >= 0.3 is 6.03 Å². The Morgan fingerprint density at radius 1 is 1.27 bits per heavy atom. The van der Waals surface area contributed by atoms with Crippen molar-refractivity contribution in [2.45, 2.75) is 6.04 Å². The molecule has 0 radical (unpaired) electrons. The van der Waals surface area contributed by atoms with E-state index in [4.69, 9.17) is 5.73 Å². The number of urea groups is 1. The summed E-state index contributed by atoms with van der Waals surface area (Å²) >= 11 is 0. The topological polar surface area (TPSA) is 83.7 Å². The quantitative estimate of drug-likeness (QED) is 0.551. The van der Waals surface area contributed by atoms with Gasteiger partial charge in [-0.3, -0.25) is 4.90 Å². The van der Waals surface area contributed by atoms with E-state index in [1.54, 1.807) is 0 Å². The molecule has 2 fully saturated rings. The smallest absolute Gasteiger partial charge is 0.314 e. The first-order valence-electron chi connectivity index (χ1n) is 4.97. The number of carbonyl (C=O) groups is 1. The van der Waals surface area contributed by atoms with Crippen LogP contribution in [0.3, 0.4) is 0 Å². The summed E-state index contributed by atoms with van der Waals surface area (Å²) in [5.41, 5.74) is 5.18. The van der Waals surface area contributed by atoms with Crippen LogP contribution < -0.4 is 5.73 Å². The number of primary amides is 1. The average molecular weight is 233 g/mol. The van der Waals surface area contributed by atoms with Crippen LogP contribution in [-0.4, -0.2) is 68.0 Å². The molecule has 0 aromatic rings. The number of carbonyl (C=O) groups excluding carboxylic acids is 1. The SMILES string of the molecule is NC(=O)N1CCN2CCS(=O)(=O)CC2C1. The minimum Gasteiger partial charge on any atom is -0.351 e. The number of piperazine rings is 1. The van der Waals surface area contributed by atoms with Crippen LogP contribution >= 0.6 is 0 Å². The molecule has 2 saturated heterocycles. The molecule has 0 saturated carbocycles. The first-order chi connectivity index (χ1) is 6.98. The molecule has 0 spiro atoms. The van der Waals surface area contributed by atoms with E-state index in [0.717, 1.165) is 6.54 Å². The predicted molar refractivity (Wildman–Crippen MR) is 55.2 cm³/mol. The molecule has 0 aromatic heterocycles. The average Bonchev–Trinajstić information content (AvgIpc) is 2.15. The van der Waals surface area contributed by atoms with Crippen molar-refractivity contribution in [3.8, 4) is 0 Å². The van der Waals surface area contributed by atoms with Crippen molar-refractivity contribution < 1.29 is 13.2 Å². The van der Waals surface area contributed by atoms with Crippen LogP contribution in [0.5, 0.6) is 0 Å². The molecule has 2 aliphatic rings. The standard InChI is InChI=1S/C8H15N3O3S/c9-8(12)11-2-1-10-3-4-15(13,14)6-7(10)5-11/h7H,1-6H2,(H2,9,12). The first kappa shape index (κ1) is 10.7. The van der Waals surface area contributed by atoms with Crippen molar-refractivity contribution in [3.63, 3.8) is 0 Å². The van der Waals surface area contributed by atoms with Gasteiger partial charge in [-0.05, 0) is 0 Å². The van der Waals surface area contributed by atoms with Gasteiger partial charge in [-0.25, -0.2) is 13.2 Å². The Balaban J connectivity index is 2.07. The molecule has 2 aliphatic heterocycles. The minimum absolute atomic E-state index is 0.0648. The molecular formula is C8H15N3O3S. The molecule has 6 nitrogen and oxygen atoms in total. The lowest BCUT2D eigenvalue weighted by Gasteiger charge is -2.42. The second kappa shape index (κ2) is 3.64. The zero-order valence-electron chi connectivity index (χ0n) is 8.42. The Hall–Kier alpha value is -0.820. The Morgan fingerprint density at radius 3 is 2.67 bits per heavy atom. The van der Waals surface area contributed by atoms with E-state index in [9.17, 15) is 13.2 Å². The van der Waals surface area contributed by atoms with Gasteiger partial charge in [0.2, 0.25) is 0 Å². The molecule has 2 rings (SSSR count). The predicted octanol–water partition coefficient (Wildman–Crippen LogP) is -1.52. The molecule has 1 unspecified atom stereocenters. The van der Waals surface area contributed by atoms with Crippen LogP contribution in [0.15, 0.2) is 0 Å². The molecule has 7 heteroatoms. The Bertz CT molecular complexity index is 367. The number of hydrogen-bond acceptors (Lipinski definition) is 4. The fraction of sp³-hybridized carbons (Fsp3) is 0.875. The van der Waals surface area contributed by atoms with Crippen molar-refractivity contribution in [2.75, 3.05) is 37.7 Å². The third-order valence-corrected chi connectivity index (χ3v) is 4.75. The van der Waals surface area contributed by atoms with Crippen molar-refractivity contribution in [2.24, 2.45) is 5.73 Å². The fourth-order valence-corrected chi connectivity index (χ4v) is 3.76. The lowest BCUT2D eigenvalue weighted by Crippen LogP contribution is -2.61. The van der Waals surface area contributed by atoms with E-state index in [0.29, 0.717) is 19.6 Å². The molecule has 86 valence electrons. The van der Waals surface area contributed by atoms with Crippen LogP contribution in [0.25, 0.3) is 0 Å². The van der Waals surface area contributed by atoms with Gasteiger partial charge in [-0.1, -0.05) is 0 Å². The summed E-state index contributed by atoms with van der Waals surface area (Å²) in [6.45, 7) is 2.35. The molecule has 15 heavy (non-hydrogen) atoms. The summed E-state index contributed by atoms with van der Waals surface area (Å²) in [5, 5.41) is 0. The normalized spacial score (nSPS) is 30.9. The molecule has 2 N–H and O–H groups in total. The van der Waals surface area contributed by atoms with Crippen LogP contribution in [0, 0.1) is 0 Å². The minimum atomic E-state index is -2.92. The van der Waals surface area contributed by atoms with Gasteiger partial charge in [0.05, 0.1) is 11.5 Å². The molecule has 0 aromatic carbocycles. The summed E-state index contributed by atoms with van der Waals surface area (Å²) < 4.78 is 22.8. The number of nitrogens with zero attached hydrogens (tertiary/aromatic N) is 2. The Morgan fingerprint density at radius 2 is 2.00 bits per heavy atom. The van der Waals surface area contributed by atoms with Gasteiger partial charge in [0.25, 0.3) is 0 Å². The highest BCUT2D eigenvalue weighted by Gasteiger charge is 2.35. The number of fused-ring (bicyclic) bond motifs is 1. The third kappa shape index (κ3) is 2.23. The van der Waals surface area contributed by atoms with Crippen LogP contribution in [-0.2, 0) is 9.84 Å². The lowest BCUT2D eigenvalue weighted by atomic mass is 10.2. The van der Waals surface area contributed by atoms with Gasteiger partial charge in [-0.2, -0.15) is 0 Å². The Labute approximate surface area is 88.9 Å². The van der Waals surface area contributed by atoms with Gasteiger partial charge in [0, 0.05) is 32.2 Å². The van der Waals surface area contributed by atoms with Gasteiger partial charge < -0.3 is 10.6 Å². The van der Waals surface area contributed by atoms with Gasteiger partial charge in [0.15, 0.2) is 9.84 Å².